The van der Waals surface area contributed by atoms with Gasteiger partial charge in [-0.25, -0.2) is 18.2 Å². The van der Waals surface area contributed by atoms with E-state index in [1.165, 1.54) is 0 Å². The Labute approximate surface area is 160 Å². The van der Waals surface area contributed by atoms with Gasteiger partial charge in [-0.05, 0) is 52.2 Å². The molecule has 0 unspecified atom stereocenters. The van der Waals surface area contributed by atoms with E-state index in [9.17, 15) is 22.8 Å². The first kappa shape index (κ1) is 19.9. The Hall–Kier alpha value is -2.84. The van der Waals surface area contributed by atoms with Gasteiger partial charge in [0.25, 0.3) is 11.8 Å². The summed E-state index contributed by atoms with van der Waals surface area (Å²) in [5.41, 5.74) is -0.216. The molecule has 6 nitrogen and oxygen atoms in total. The number of amides is 2. The zero-order valence-electron chi connectivity index (χ0n) is 15.8. The maximum Gasteiger partial charge on any atom is 0.291 e. The summed E-state index contributed by atoms with van der Waals surface area (Å²) < 4.78 is 42.0. The third-order valence-corrected chi connectivity index (χ3v) is 4.31. The van der Waals surface area contributed by atoms with E-state index in [2.05, 4.69) is 15.6 Å². The highest BCUT2D eigenvalue weighted by Gasteiger charge is 2.29. The van der Waals surface area contributed by atoms with E-state index >= 15 is 0 Å². The van der Waals surface area contributed by atoms with Gasteiger partial charge >= 0.3 is 0 Å². The molecule has 0 spiro atoms. The summed E-state index contributed by atoms with van der Waals surface area (Å²) in [6.45, 7) is 5.96. The van der Waals surface area contributed by atoms with Crippen LogP contribution in [0.5, 0.6) is 0 Å². The predicted octanol–water partition coefficient (Wildman–Crippen LogP) is 3.42. The molecular formula is C19H21F3N4O2. The van der Waals surface area contributed by atoms with Gasteiger partial charge in [-0.1, -0.05) is 0 Å². The monoisotopic (exact) mass is 394 g/mol. The van der Waals surface area contributed by atoms with Gasteiger partial charge in [-0.2, -0.15) is 0 Å². The number of aromatic nitrogens is 2. The summed E-state index contributed by atoms with van der Waals surface area (Å²) >= 11 is 0. The van der Waals surface area contributed by atoms with Crippen LogP contribution in [0, 0.1) is 17.5 Å². The lowest BCUT2D eigenvalue weighted by Crippen LogP contribution is -2.41. The number of nitrogens with zero attached hydrogens (tertiary/aromatic N) is 2. The van der Waals surface area contributed by atoms with Crippen molar-refractivity contribution < 1.29 is 22.8 Å². The molecule has 1 aliphatic heterocycles. The van der Waals surface area contributed by atoms with Gasteiger partial charge in [-0.15, -0.1) is 0 Å². The quantitative estimate of drug-likeness (QED) is 0.784. The second-order valence-corrected chi connectivity index (χ2v) is 7.72. The first-order valence-corrected chi connectivity index (χ1v) is 8.95. The van der Waals surface area contributed by atoms with Crippen LogP contribution in [-0.4, -0.2) is 26.9 Å². The van der Waals surface area contributed by atoms with Crippen LogP contribution in [0.3, 0.4) is 0 Å². The number of benzene rings is 1. The molecule has 1 aliphatic rings. The van der Waals surface area contributed by atoms with Crippen molar-refractivity contribution in [2.24, 2.45) is 0 Å². The average Bonchev–Trinajstić information content (AvgIpc) is 3.01. The molecule has 2 aromatic rings. The third-order valence-electron chi connectivity index (χ3n) is 4.31. The normalized spacial score (nSPS) is 13.8. The van der Waals surface area contributed by atoms with Crippen LogP contribution in [0.1, 0.15) is 60.4 Å². The van der Waals surface area contributed by atoms with Gasteiger partial charge in [0, 0.05) is 12.1 Å². The lowest BCUT2D eigenvalue weighted by atomic mass is 10.1. The first-order valence-electron chi connectivity index (χ1n) is 8.95. The van der Waals surface area contributed by atoms with Gasteiger partial charge in [0.05, 0.1) is 11.4 Å². The molecule has 0 aliphatic carbocycles. The van der Waals surface area contributed by atoms with E-state index in [1.807, 2.05) is 20.8 Å². The van der Waals surface area contributed by atoms with Gasteiger partial charge in [-0.3, -0.25) is 9.59 Å². The molecule has 0 saturated heterocycles. The first-order chi connectivity index (χ1) is 13.1. The highest BCUT2D eigenvalue weighted by molar-refractivity contribution is 6.03. The van der Waals surface area contributed by atoms with Gasteiger partial charge in [0.2, 0.25) is 0 Å². The minimum atomic E-state index is -1.67. The van der Waals surface area contributed by atoms with Crippen molar-refractivity contribution in [3.63, 3.8) is 0 Å². The average molecular weight is 394 g/mol. The highest BCUT2D eigenvalue weighted by Crippen LogP contribution is 2.24. The van der Waals surface area contributed by atoms with Crippen LogP contribution in [0.15, 0.2) is 12.1 Å². The number of hydrogen-bond acceptors (Lipinski definition) is 3. The third kappa shape index (κ3) is 3.88. The van der Waals surface area contributed by atoms with Crippen LogP contribution < -0.4 is 10.6 Å². The Balaban J connectivity index is 1.95. The molecule has 150 valence electrons. The lowest BCUT2D eigenvalue weighted by molar-refractivity contribution is 0.0913. The smallest absolute Gasteiger partial charge is 0.291 e. The van der Waals surface area contributed by atoms with E-state index in [1.54, 1.807) is 4.57 Å². The van der Waals surface area contributed by atoms with E-state index in [-0.39, 0.29) is 11.5 Å². The molecule has 2 amide bonds. The summed E-state index contributed by atoms with van der Waals surface area (Å²) in [5.74, 6) is -5.80. The molecule has 28 heavy (non-hydrogen) atoms. The molecule has 0 atom stereocenters. The number of carbonyl (C=O) groups is 2. The number of imidazole rings is 1. The predicted molar refractivity (Wildman–Crippen MR) is 96.7 cm³/mol. The molecule has 9 heteroatoms. The Morgan fingerprint density at radius 3 is 2.46 bits per heavy atom. The molecule has 2 heterocycles. The number of fused-ring (bicyclic) bond motifs is 1. The van der Waals surface area contributed by atoms with E-state index < -0.39 is 40.5 Å². The van der Waals surface area contributed by atoms with Crippen molar-refractivity contribution in [2.75, 3.05) is 5.32 Å². The molecular weight excluding hydrogens is 373 g/mol. The number of halogens is 3. The topological polar surface area (TPSA) is 76.0 Å². The molecule has 0 fully saturated rings. The fourth-order valence-corrected chi connectivity index (χ4v) is 3.10. The van der Waals surface area contributed by atoms with Crippen LogP contribution in [0.2, 0.25) is 0 Å². The minimum Gasteiger partial charge on any atom is -0.346 e. The minimum absolute atomic E-state index is 0.0714. The molecule has 1 aromatic heterocycles. The molecule has 0 radical (unpaired) electrons. The molecule has 3 rings (SSSR count). The number of hydrogen-bond donors (Lipinski definition) is 2. The van der Waals surface area contributed by atoms with Crippen molar-refractivity contribution in [1.29, 1.82) is 0 Å². The summed E-state index contributed by atoms with van der Waals surface area (Å²) in [5, 5.41) is 5.02. The van der Waals surface area contributed by atoms with Crippen molar-refractivity contribution in [3.8, 4) is 0 Å². The van der Waals surface area contributed by atoms with Crippen molar-refractivity contribution in [2.45, 2.75) is 52.1 Å². The number of nitrogens with one attached hydrogen (secondary N) is 2. The van der Waals surface area contributed by atoms with E-state index in [0.717, 1.165) is 25.0 Å². The van der Waals surface area contributed by atoms with Gasteiger partial charge < -0.3 is 15.2 Å². The second kappa shape index (κ2) is 7.29. The van der Waals surface area contributed by atoms with Crippen LogP contribution in [-0.2, 0) is 13.0 Å². The molecule has 1 aromatic carbocycles. The zero-order valence-corrected chi connectivity index (χ0v) is 15.8. The molecule has 2 N–H and O–H groups in total. The van der Waals surface area contributed by atoms with Gasteiger partial charge in [0.15, 0.2) is 23.3 Å². The lowest BCUT2D eigenvalue weighted by Gasteiger charge is -2.21. The fourth-order valence-electron chi connectivity index (χ4n) is 3.10. The van der Waals surface area contributed by atoms with Crippen LogP contribution in [0.25, 0.3) is 0 Å². The van der Waals surface area contributed by atoms with Crippen molar-refractivity contribution >= 4 is 17.5 Å². The van der Waals surface area contributed by atoms with Crippen molar-refractivity contribution in [1.82, 2.24) is 14.9 Å². The second-order valence-electron chi connectivity index (χ2n) is 7.72. The maximum atomic E-state index is 13.9. The Bertz CT molecular complexity index is 948. The number of carbonyl (C=O) groups excluding carboxylic acids is 2. The Morgan fingerprint density at radius 2 is 1.79 bits per heavy atom. The fraction of sp³-hybridized carbons (Fsp3) is 0.421. The summed E-state index contributed by atoms with van der Waals surface area (Å²) in [7, 11) is 0. The van der Waals surface area contributed by atoms with Crippen LogP contribution in [0.4, 0.5) is 18.9 Å². The molecule has 0 saturated carbocycles. The number of rotatable bonds is 3. The van der Waals surface area contributed by atoms with E-state index in [4.69, 9.17) is 0 Å². The van der Waals surface area contributed by atoms with E-state index in [0.29, 0.717) is 18.7 Å². The summed E-state index contributed by atoms with van der Waals surface area (Å²) in [4.78, 5) is 29.4. The zero-order chi connectivity index (χ0) is 20.6. The highest BCUT2D eigenvalue weighted by atomic mass is 19.2. The summed E-state index contributed by atoms with van der Waals surface area (Å²) in [6, 6.07) is 1.65. The summed E-state index contributed by atoms with van der Waals surface area (Å²) in [6.07, 6.45) is 2.22. The van der Waals surface area contributed by atoms with Gasteiger partial charge in [0.1, 0.15) is 5.69 Å². The SMILES string of the molecule is CC(C)(C)NC(=O)c1nc(C(=O)Nc2ccc(F)c(F)c2F)n2c1CCCC2. The maximum absolute atomic E-state index is 13.9. The van der Waals surface area contributed by atoms with Crippen molar-refractivity contribution in [3.05, 3.63) is 46.8 Å². The van der Waals surface area contributed by atoms with Crippen LogP contribution >= 0.6 is 0 Å². The number of anilines is 1. The standard InChI is InChI=1S/C19H21F3N4O2/c1-19(2,3)25-17(27)15-12-6-4-5-9-26(12)16(24-15)18(28)23-11-8-7-10(20)13(21)14(11)22/h7-8H,4-6,9H2,1-3H3,(H,23,28)(H,25,27). The molecule has 0 bridgehead atoms. The Kier molecular flexibility index (Phi) is 5.18. The largest absolute Gasteiger partial charge is 0.346 e. The Morgan fingerprint density at radius 1 is 1.07 bits per heavy atom.